The molecule has 2 N–H and O–H groups in total. The van der Waals surface area contributed by atoms with Crippen LogP contribution >= 0.6 is 0 Å². The van der Waals surface area contributed by atoms with Gasteiger partial charge in [0.15, 0.2) is 0 Å². The lowest BCUT2D eigenvalue weighted by molar-refractivity contribution is -0.136. The van der Waals surface area contributed by atoms with E-state index in [1.807, 2.05) is 6.92 Å². The molecular formula is C9H16N2O2. The number of rotatable bonds is 1. The van der Waals surface area contributed by atoms with Crippen molar-refractivity contribution in [1.29, 1.82) is 0 Å². The van der Waals surface area contributed by atoms with Crippen LogP contribution in [0.2, 0.25) is 0 Å². The van der Waals surface area contributed by atoms with Crippen molar-refractivity contribution in [2.24, 2.45) is 5.41 Å². The van der Waals surface area contributed by atoms with Crippen LogP contribution in [0.25, 0.3) is 0 Å². The second kappa shape index (κ2) is 3.87. The van der Waals surface area contributed by atoms with E-state index in [0.717, 1.165) is 25.9 Å². The van der Waals surface area contributed by atoms with E-state index in [1.165, 1.54) is 6.92 Å². The summed E-state index contributed by atoms with van der Waals surface area (Å²) in [6.07, 6.45) is 1.60. The zero-order chi connectivity index (χ0) is 9.90. The lowest BCUT2D eigenvalue weighted by Crippen LogP contribution is -2.47. The second-order valence-corrected chi connectivity index (χ2v) is 3.82. The van der Waals surface area contributed by atoms with E-state index >= 15 is 0 Å². The van der Waals surface area contributed by atoms with Gasteiger partial charge in [-0.05, 0) is 25.9 Å². The summed E-state index contributed by atoms with van der Waals surface area (Å²) in [4.78, 5) is 22.3. The van der Waals surface area contributed by atoms with Gasteiger partial charge in [-0.25, -0.2) is 0 Å². The number of hydrogen-bond acceptors (Lipinski definition) is 3. The standard InChI is InChI=1S/C9H16N2O2/c1-7(12)11-8(13)9(2)3-5-10-6-4-9/h10H,3-6H2,1-2H3,(H,11,12,13). The fourth-order valence-corrected chi connectivity index (χ4v) is 1.52. The lowest BCUT2D eigenvalue weighted by atomic mass is 9.80. The van der Waals surface area contributed by atoms with Gasteiger partial charge in [0.05, 0.1) is 0 Å². The molecule has 4 nitrogen and oxygen atoms in total. The van der Waals surface area contributed by atoms with Gasteiger partial charge in [-0.15, -0.1) is 0 Å². The highest BCUT2D eigenvalue weighted by Crippen LogP contribution is 2.27. The molecule has 0 radical (unpaired) electrons. The van der Waals surface area contributed by atoms with Gasteiger partial charge in [0, 0.05) is 12.3 Å². The van der Waals surface area contributed by atoms with Gasteiger partial charge in [-0.3, -0.25) is 14.9 Å². The summed E-state index contributed by atoms with van der Waals surface area (Å²) >= 11 is 0. The maximum absolute atomic E-state index is 11.6. The number of carbonyl (C=O) groups is 2. The zero-order valence-corrected chi connectivity index (χ0v) is 8.14. The first-order valence-corrected chi connectivity index (χ1v) is 4.57. The van der Waals surface area contributed by atoms with Crippen LogP contribution in [0.5, 0.6) is 0 Å². The first-order valence-electron chi connectivity index (χ1n) is 4.57. The highest BCUT2D eigenvalue weighted by atomic mass is 16.2. The first-order chi connectivity index (χ1) is 6.04. The number of amides is 2. The van der Waals surface area contributed by atoms with E-state index in [0.29, 0.717) is 0 Å². The van der Waals surface area contributed by atoms with Crippen molar-refractivity contribution < 1.29 is 9.59 Å². The highest BCUT2D eigenvalue weighted by molar-refractivity contribution is 5.96. The molecule has 0 aromatic heterocycles. The summed E-state index contributed by atoms with van der Waals surface area (Å²) in [5, 5.41) is 5.53. The van der Waals surface area contributed by atoms with Gasteiger partial charge >= 0.3 is 0 Å². The van der Waals surface area contributed by atoms with Crippen LogP contribution < -0.4 is 10.6 Å². The molecule has 2 amide bonds. The van der Waals surface area contributed by atoms with Crippen molar-refractivity contribution >= 4 is 11.8 Å². The summed E-state index contributed by atoms with van der Waals surface area (Å²) in [5.74, 6) is -0.411. The van der Waals surface area contributed by atoms with Crippen LogP contribution in [-0.4, -0.2) is 24.9 Å². The third-order valence-corrected chi connectivity index (χ3v) is 2.54. The second-order valence-electron chi connectivity index (χ2n) is 3.82. The quantitative estimate of drug-likeness (QED) is 0.605. The minimum atomic E-state index is -0.364. The first kappa shape index (κ1) is 10.2. The minimum absolute atomic E-state index is 0.137. The van der Waals surface area contributed by atoms with Gasteiger partial charge in [-0.2, -0.15) is 0 Å². The summed E-state index contributed by atoms with van der Waals surface area (Å²) in [6.45, 7) is 4.97. The van der Waals surface area contributed by atoms with E-state index in [9.17, 15) is 9.59 Å². The van der Waals surface area contributed by atoms with Crippen molar-refractivity contribution in [3.63, 3.8) is 0 Å². The Morgan fingerprint density at radius 2 is 1.85 bits per heavy atom. The minimum Gasteiger partial charge on any atom is -0.317 e. The molecule has 74 valence electrons. The topological polar surface area (TPSA) is 58.2 Å². The van der Waals surface area contributed by atoms with Crippen molar-refractivity contribution in [3.05, 3.63) is 0 Å². The molecule has 0 aromatic rings. The van der Waals surface area contributed by atoms with E-state index in [1.54, 1.807) is 0 Å². The molecule has 1 aliphatic rings. The molecule has 1 saturated heterocycles. The van der Waals surface area contributed by atoms with Gasteiger partial charge in [0.25, 0.3) is 0 Å². The monoisotopic (exact) mass is 184 g/mol. The lowest BCUT2D eigenvalue weighted by Gasteiger charge is -2.31. The van der Waals surface area contributed by atoms with Gasteiger partial charge in [0.1, 0.15) is 0 Å². The average molecular weight is 184 g/mol. The SMILES string of the molecule is CC(=O)NC(=O)C1(C)CCNCC1. The average Bonchev–Trinajstić information content (AvgIpc) is 2.04. The van der Waals surface area contributed by atoms with Crippen molar-refractivity contribution in [2.75, 3.05) is 13.1 Å². The largest absolute Gasteiger partial charge is 0.317 e. The van der Waals surface area contributed by atoms with Crippen LogP contribution in [0.15, 0.2) is 0 Å². The Morgan fingerprint density at radius 3 is 2.31 bits per heavy atom. The molecule has 4 heteroatoms. The van der Waals surface area contributed by atoms with Crippen LogP contribution in [0.1, 0.15) is 26.7 Å². The molecule has 0 bridgehead atoms. The number of hydrogen-bond donors (Lipinski definition) is 2. The Hall–Kier alpha value is -0.900. The maximum atomic E-state index is 11.6. The summed E-state index contributed by atoms with van der Waals surface area (Å²) in [7, 11) is 0. The molecule has 0 aromatic carbocycles. The number of carbonyl (C=O) groups excluding carboxylic acids is 2. The Kier molecular flexibility index (Phi) is 3.03. The zero-order valence-electron chi connectivity index (χ0n) is 8.14. The predicted octanol–water partition coefficient (Wildman–Crippen LogP) is 0.0388. The van der Waals surface area contributed by atoms with E-state index in [2.05, 4.69) is 10.6 Å². The number of imide groups is 1. The Morgan fingerprint density at radius 1 is 1.31 bits per heavy atom. The predicted molar refractivity (Wildman–Crippen MR) is 49.0 cm³/mol. The fourth-order valence-electron chi connectivity index (χ4n) is 1.52. The van der Waals surface area contributed by atoms with Crippen molar-refractivity contribution in [2.45, 2.75) is 26.7 Å². The molecule has 0 saturated carbocycles. The molecule has 0 atom stereocenters. The molecule has 1 fully saturated rings. The molecule has 13 heavy (non-hydrogen) atoms. The smallest absolute Gasteiger partial charge is 0.232 e. The Labute approximate surface area is 78.1 Å². The molecule has 1 rings (SSSR count). The highest BCUT2D eigenvalue weighted by Gasteiger charge is 2.34. The normalized spacial score (nSPS) is 20.8. The summed E-state index contributed by atoms with van der Waals surface area (Å²) < 4.78 is 0. The fraction of sp³-hybridized carbons (Fsp3) is 0.778. The summed E-state index contributed by atoms with van der Waals surface area (Å²) in [5.41, 5.74) is -0.364. The van der Waals surface area contributed by atoms with Crippen molar-refractivity contribution in [3.8, 4) is 0 Å². The third-order valence-electron chi connectivity index (χ3n) is 2.54. The van der Waals surface area contributed by atoms with E-state index < -0.39 is 0 Å². The molecule has 1 heterocycles. The van der Waals surface area contributed by atoms with E-state index in [4.69, 9.17) is 0 Å². The van der Waals surface area contributed by atoms with Crippen LogP contribution in [0.3, 0.4) is 0 Å². The van der Waals surface area contributed by atoms with Crippen LogP contribution in [0.4, 0.5) is 0 Å². The van der Waals surface area contributed by atoms with Crippen LogP contribution in [0, 0.1) is 5.41 Å². The van der Waals surface area contributed by atoms with Crippen LogP contribution in [-0.2, 0) is 9.59 Å². The number of piperidine rings is 1. The molecule has 0 spiro atoms. The molecule has 0 aliphatic carbocycles. The maximum Gasteiger partial charge on any atom is 0.232 e. The van der Waals surface area contributed by atoms with E-state index in [-0.39, 0.29) is 17.2 Å². The third kappa shape index (κ3) is 2.52. The Bertz CT molecular complexity index is 220. The van der Waals surface area contributed by atoms with Gasteiger partial charge < -0.3 is 5.32 Å². The van der Waals surface area contributed by atoms with Gasteiger partial charge in [0.2, 0.25) is 11.8 Å². The molecule has 0 unspecified atom stereocenters. The molecular weight excluding hydrogens is 168 g/mol. The van der Waals surface area contributed by atoms with Crippen molar-refractivity contribution in [1.82, 2.24) is 10.6 Å². The van der Waals surface area contributed by atoms with Gasteiger partial charge in [-0.1, -0.05) is 6.92 Å². The Balaban J connectivity index is 2.56. The summed E-state index contributed by atoms with van der Waals surface area (Å²) in [6, 6.07) is 0. The number of nitrogens with one attached hydrogen (secondary N) is 2. The molecule has 1 aliphatic heterocycles.